The van der Waals surface area contributed by atoms with Crippen LogP contribution in [-0.4, -0.2) is 40.3 Å². The molecule has 2 aromatic heterocycles. The van der Waals surface area contributed by atoms with E-state index in [0.717, 1.165) is 30.7 Å². The second-order valence-corrected chi connectivity index (χ2v) is 9.18. The van der Waals surface area contributed by atoms with Gasteiger partial charge in [0.25, 0.3) is 10.0 Å². The van der Waals surface area contributed by atoms with Crippen LogP contribution in [0.1, 0.15) is 35.7 Å². The normalized spacial score (nSPS) is 18.2. The zero-order valence-electron chi connectivity index (χ0n) is 15.9. The van der Waals surface area contributed by atoms with Crippen LogP contribution in [0.5, 0.6) is 0 Å². The lowest BCUT2D eigenvalue weighted by atomic mass is 9.95. The van der Waals surface area contributed by atoms with Crippen LogP contribution in [0.15, 0.2) is 66.1 Å². The Balaban J connectivity index is 1.52. The van der Waals surface area contributed by atoms with Gasteiger partial charge in [-0.15, -0.1) is 0 Å². The predicted molar refractivity (Wildman–Crippen MR) is 107 cm³/mol. The monoisotopic (exact) mass is 396 g/mol. The molecule has 1 atom stereocenters. The molecule has 0 N–H and O–H groups in total. The van der Waals surface area contributed by atoms with Gasteiger partial charge in [-0.25, -0.2) is 13.4 Å². The largest absolute Gasteiger partial charge is 0.339 e. The van der Waals surface area contributed by atoms with Crippen molar-refractivity contribution in [1.82, 2.24) is 18.8 Å². The molecule has 7 heteroatoms. The van der Waals surface area contributed by atoms with Gasteiger partial charge in [0.05, 0.1) is 6.33 Å². The van der Waals surface area contributed by atoms with Crippen molar-refractivity contribution in [1.29, 1.82) is 0 Å². The van der Waals surface area contributed by atoms with E-state index < -0.39 is 10.0 Å². The lowest BCUT2D eigenvalue weighted by Gasteiger charge is -2.31. The van der Waals surface area contributed by atoms with E-state index in [1.807, 2.05) is 36.4 Å². The van der Waals surface area contributed by atoms with E-state index in [1.165, 1.54) is 11.9 Å². The fraction of sp³-hybridized carbons (Fsp3) is 0.333. The Morgan fingerprint density at radius 1 is 1.11 bits per heavy atom. The van der Waals surface area contributed by atoms with Gasteiger partial charge in [-0.1, -0.05) is 36.4 Å². The SMILES string of the molecule is Cn1cnc(S(=O)(=O)N2CCC[C@@H](c3cccc(Cc4ccccc4)n3)C2)c1. The first kappa shape index (κ1) is 18.8. The van der Waals surface area contributed by atoms with Crippen molar-refractivity contribution >= 4 is 10.0 Å². The van der Waals surface area contributed by atoms with Gasteiger partial charge in [-0.2, -0.15) is 4.31 Å². The molecule has 0 unspecified atom stereocenters. The Morgan fingerprint density at radius 3 is 2.68 bits per heavy atom. The molecule has 1 aliphatic rings. The molecule has 0 amide bonds. The summed E-state index contributed by atoms with van der Waals surface area (Å²) in [6.45, 7) is 0.972. The molecule has 1 saturated heterocycles. The lowest BCUT2D eigenvalue weighted by Crippen LogP contribution is -2.39. The molecule has 0 bridgehead atoms. The zero-order valence-corrected chi connectivity index (χ0v) is 16.7. The van der Waals surface area contributed by atoms with Gasteiger partial charge in [-0.3, -0.25) is 4.98 Å². The van der Waals surface area contributed by atoms with Gasteiger partial charge >= 0.3 is 0 Å². The van der Waals surface area contributed by atoms with E-state index >= 15 is 0 Å². The second kappa shape index (κ2) is 7.85. The second-order valence-electron chi connectivity index (χ2n) is 7.30. The van der Waals surface area contributed by atoms with Crippen molar-refractivity contribution in [3.63, 3.8) is 0 Å². The molecule has 0 aliphatic carbocycles. The third-order valence-corrected chi connectivity index (χ3v) is 6.90. The molecule has 0 radical (unpaired) electrons. The van der Waals surface area contributed by atoms with E-state index in [2.05, 4.69) is 17.1 Å². The molecule has 28 heavy (non-hydrogen) atoms. The molecular weight excluding hydrogens is 372 g/mol. The maximum atomic E-state index is 12.9. The maximum absolute atomic E-state index is 12.9. The number of aryl methyl sites for hydroxylation is 1. The van der Waals surface area contributed by atoms with Crippen LogP contribution in [0.3, 0.4) is 0 Å². The van der Waals surface area contributed by atoms with Crippen molar-refractivity contribution < 1.29 is 8.42 Å². The van der Waals surface area contributed by atoms with Crippen LogP contribution in [0, 0.1) is 0 Å². The first-order valence-electron chi connectivity index (χ1n) is 9.50. The van der Waals surface area contributed by atoms with Gasteiger partial charge in [0.1, 0.15) is 0 Å². The number of hydrogen-bond acceptors (Lipinski definition) is 4. The van der Waals surface area contributed by atoms with Gasteiger partial charge in [0, 0.05) is 50.1 Å². The minimum absolute atomic E-state index is 0.1000. The third kappa shape index (κ3) is 4.00. The highest BCUT2D eigenvalue weighted by atomic mass is 32.2. The Morgan fingerprint density at radius 2 is 1.93 bits per heavy atom. The van der Waals surface area contributed by atoms with Crippen molar-refractivity contribution in [2.75, 3.05) is 13.1 Å². The number of sulfonamides is 1. The molecule has 1 aliphatic heterocycles. The van der Waals surface area contributed by atoms with Gasteiger partial charge in [0.2, 0.25) is 0 Å². The smallest absolute Gasteiger partial charge is 0.262 e. The summed E-state index contributed by atoms with van der Waals surface area (Å²) in [6.07, 6.45) is 5.61. The summed E-state index contributed by atoms with van der Waals surface area (Å²) < 4.78 is 29.0. The minimum Gasteiger partial charge on any atom is -0.339 e. The lowest BCUT2D eigenvalue weighted by molar-refractivity contribution is 0.311. The number of pyridine rings is 1. The average Bonchev–Trinajstić information content (AvgIpc) is 3.16. The van der Waals surface area contributed by atoms with Crippen LogP contribution >= 0.6 is 0 Å². The summed E-state index contributed by atoms with van der Waals surface area (Å²) in [5, 5.41) is 0.112. The Bertz CT molecular complexity index is 1050. The molecule has 0 saturated carbocycles. The molecule has 6 nitrogen and oxygen atoms in total. The van der Waals surface area contributed by atoms with Gasteiger partial charge < -0.3 is 4.57 Å². The number of piperidine rings is 1. The van der Waals surface area contributed by atoms with Crippen molar-refractivity contribution in [3.8, 4) is 0 Å². The Hall–Kier alpha value is -2.51. The van der Waals surface area contributed by atoms with Crippen molar-refractivity contribution in [2.24, 2.45) is 7.05 Å². The van der Waals surface area contributed by atoms with E-state index in [1.54, 1.807) is 22.1 Å². The highest BCUT2D eigenvalue weighted by molar-refractivity contribution is 7.89. The molecule has 1 aromatic carbocycles. The van der Waals surface area contributed by atoms with Crippen LogP contribution < -0.4 is 0 Å². The van der Waals surface area contributed by atoms with Gasteiger partial charge in [-0.05, 0) is 30.5 Å². The maximum Gasteiger partial charge on any atom is 0.262 e. The molecule has 146 valence electrons. The molecule has 4 rings (SSSR count). The molecule has 0 spiro atoms. The van der Waals surface area contributed by atoms with Crippen molar-refractivity contribution in [2.45, 2.75) is 30.2 Å². The fourth-order valence-corrected chi connectivity index (χ4v) is 5.18. The number of benzene rings is 1. The Labute approximate surface area is 165 Å². The van der Waals surface area contributed by atoms with Crippen LogP contribution in [0.25, 0.3) is 0 Å². The standard InChI is InChI=1S/C21H24N4O2S/c1-24-15-21(22-16-24)28(26,27)25-12-6-9-18(14-25)20-11-5-10-19(23-20)13-17-7-3-2-4-8-17/h2-5,7-8,10-11,15-16,18H,6,9,12-14H2,1H3/t18-/m1/s1. The molecular formula is C21H24N4O2S. The van der Waals surface area contributed by atoms with E-state index in [4.69, 9.17) is 4.98 Å². The van der Waals surface area contributed by atoms with E-state index in [0.29, 0.717) is 13.1 Å². The van der Waals surface area contributed by atoms with Crippen LogP contribution in [-0.2, 0) is 23.5 Å². The van der Waals surface area contributed by atoms with Crippen LogP contribution in [0.4, 0.5) is 0 Å². The highest BCUT2D eigenvalue weighted by Gasteiger charge is 2.32. The van der Waals surface area contributed by atoms with E-state index in [9.17, 15) is 8.42 Å². The first-order valence-corrected chi connectivity index (χ1v) is 10.9. The third-order valence-electron chi connectivity index (χ3n) is 5.14. The fourth-order valence-electron chi connectivity index (χ4n) is 3.69. The zero-order chi connectivity index (χ0) is 19.6. The highest BCUT2D eigenvalue weighted by Crippen LogP contribution is 2.29. The first-order chi connectivity index (χ1) is 13.5. The van der Waals surface area contributed by atoms with Crippen molar-refractivity contribution in [3.05, 3.63) is 78.0 Å². The summed E-state index contributed by atoms with van der Waals surface area (Å²) in [4.78, 5) is 8.88. The molecule has 1 fully saturated rings. The van der Waals surface area contributed by atoms with E-state index in [-0.39, 0.29) is 10.9 Å². The molecule has 3 heterocycles. The summed E-state index contributed by atoms with van der Waals surface area (Å²) >= 11 is 0. The minimum atomic E-state index is -3.57. The summed E-state index contributed by atoms with van der Waals surface area (Å²) in [5.74, 6) is 0.1000. The quantitative estimate of drug-likeness (QED) is 0.665. The topological polar surface area (TPSA) is 68.1 Å². The van der Waals surface area contributed by atoms with Crippen LogP contribution in [0.2, 0.25) is 0 Å². The number of hydrogen-bond donors (Lipinski definition) is 0. The molecule has 3 aromatic rings. The number of nitrogens with zero attached hydrogens (tertiary/aromatic N) is 4. The van der Waals surface area contributed by atoms with Gasteiger partial charge in [0.15, 0.2) is 5.03 Å². The number of rotatable bonds is 5. The number of aromatic nitrogens is 3. The summed E-state index contributed by atoms with van der Waals surface area (Å²) in [6, 6.07) is 16.3. The predicted octanol–water partition coefficient (Wildman–Crippen LogP) is 2.97. The average molecular weight is 397 g/mol. The summed E-state index contributed by atoms with van der Waals surface area (Å²) in [7, 11) is -1.80. The Kier molecular flexibility index (Phi) is 5.28. The number of imidazole rings is 1. The summed E-state index contributed by atoms with van der Waals surface area (Å²) in [5.41, 5.74) is 3.19.